The Hall–Kier alpha value is -6.58. The zero-order valence-electron chi connectivity index (χ0n) is 33.6. The van der Waals surface area contributed by atoms with Crippen LogP contribution in [0, 0.1) is 0 Å². The number of anilines is 3. The average Bonchev–Trinajstić information content (AvgIpc) is 3.73. The number of hydrogen-bond donors (Lipinski definition) is 0. The van der Waals surface area contributed by atoms with Crippen LogP contribution in [0.3, 0.4) is 0 Å². The van der Waals surface area contributed by atoms with Gasteiger partial charge in [-0.15, -0.1) is 0 Å². The summed E-state index contributed by atoms with van der Waals surface area (Å²) in [5.74, 6) is 0. The maximum atomic E-state index is 2.48. The van der Waals surface area contributed by atoms with Gasteiger partial charge in [-0.25, -0.2) is 0 Å². The molecule has 0 N–H and O–H groups in total. The molecule has 8 aromatic carbocycles. The second-order valence-corrected chi connectivity index (χ2v) is 17.5. The second-order valence-electron chi connectivity index (χ2n) is 17.5. The molecular weight excluding hydrogens is 691 g/mol. The molecular formula is C54H47N3. The molecule has 0 aliphatic heterocycles. The predicted octanol–water partition coefficient (Wildman–Crippen LogP) is 15.1. The van der Waals surface area contributed by atoms with Crippen molar-refractivity contribution in [2.24, 2.45) is 0 Å². The van der Waals surface area contributed by atoms with E-state index in [9.17, 15) is 0 Å². The third-order valence-corrected chi connectivity index (χ3v) is 11.8. The fourth-order valence-electron chi connectivity index (χ4n) is 8.81. The van der Waals surface area contributed by atoms with Crippen LogP contribution in [0.4, 0.5) is 17.1 Å². The van der Waals surface area contributed by atoms with Crippen molar-refractivity contribution >= 4 is 71.4 Å². The molecule has 0 radical (unpaired) electrons. The van der Waals surface area contributed by atoms with E-state index in [0.717, 1.165) is 17.1 Å². The van der Waals surface area contributed by atoms with Crippen LogP contribution in [-0.4, -0.2) is 9.13 Å². The van der Waals surface area contributed by atoms with Crippen molar-refractivity contribution in [1.29, 1.82) is 0 Å². The third kappa shape index (κ3) is 5.80. The Bertz CT molecular complexity index is 3160. The third-order valence-electron chi connectivity index (χ3n) is 11.8. The van der Waals surface area contributed by atoms with Crippen LogP contribution in [0.25, 0.3) is 65.8 Å². The maximum absolute atomic E-state index is 2.48. The fraction of sp³-hybridized carbons (Fsp3) is 0.148. The first-order valence-electron chi connectivity index (χ1n) is 20.1. The molecule has 0 unspecified atom stereocenters. The summed E-state index contributed by atoms with van der Waals surface area (Å²) in [6.07, 6.45) is 0. The zero-order chi connectivity index (χ0) is 39.1. The van der Waals surface area contributed by atoms with Crippen LogP contribution in [0.5, 0.6) is 0 Å². The predicted molar refractivity (Wildman–Crippen MR) is 245 cm³/mol. The number of rotatable bonds is 5. The lowest BCUT2D eigenvalue weighted by molar-refractivity contribution is 0.589. The van der Waals surface area contributed by atoms with Crippen LogP contribution in [0.2, 0.25) is 0 Å². The smallest absolute Gasteiger partial charge is 0.0562 e. The fourth-order valence-corrected chi connectivity index (χ4v) is 8.81. The van der Waals surface area contributed by atoms with Crippen molar-refractivity contribution in [1.82, 2.24) is 9.13 Å². The van der Waals surface area contributed by atoms with E-state index in [1.54, 1.807) is 0 Å². The van der Waals surface area contributed by atoms with Crippen molar-refractivity contribution in [2.75, 3.05) is 4.90 Å². The number of aromatic nitrogens is 2. The van der Waals surface area contributed by atoms with Gasteiger partial charge in [0.25, 0.3) is 0 Å². The molecule has 0 bridgehead atoms. The molecule has 10 rings (SSSR count). The molecule has 2 aromatic heterocycles. The van der Waals surface area contributed by atoms with Crippen LogP contribution < -0.4 is 4.90 Å². The Labute approximate surface area is 335 Å². The lowest BCUT2D eigenvalue weighted by Gasteiger charge is -2.27. The maximum Gasteiger partial charge on any atom is 0.0562 e. The minimum atomic E-state index is 0.0265. The first-order chi connectivity index (χ1) is 27.5. The Kier molecular flexibility index (Phi) is 7.95. The number of benzene rings is 8. The summed E-state index contributed by atoms with van der Waals surface area (Å²) in [7, 11) is 0. The van der Waals surface area contributed by atoms with Gasteiger partial charge in [-0.3, -0.25) is 0 Å². The van der Waals surface area contributed by atoms with E-state index in [4.69, 9.17) is 0 Å². The van der Waals surface area contributed by atoms with Gasteiger partial charge in [-0.1, -0.05) is 145 Å². The van der Waals surface area contributed by atoms with E-state index in [1.807, 2.05) is 0 Å². The molecule has 57 heavy (non-hydrogen) atoms. The van der Waals surface area contributed by atoms with Crippen molar-refractivity contribution in [3.05, 3.63) is 187 Å². The van der Waals surface area contributed by atoms with Crippen molar-refractivity contribution in [2.45, 2.75) is 52.4 Å². The first kappa shape index (κ1) is 34.9. The van der Waals surface area contributed by atoms with Gasteiger partial charge in [0.2, 0.25) is 0 Å². The number of hydrogen-bond acceptors (Lipinski definition) is 1. The van der Waals surface area contributed by atoms with E-state index in [-0.39, 0.29) is 10.8 Å². The van der Waals surface area contributed by atoms with Gasteiger partial charge in [0.15, 0.2) is 0 Å². The van der Waals surface area contributed by atoms with Crippen LogP contribution >= 0.6 is 0 Å². The standard InChI is InChI=1S/C54H47N3/c1-53(2,3)38-18-13-20-40(33-38)56-48-25-12-10-23-46(48)52-49(26-15-27-50(52)56)55(42-29-28-36-16-7-8-17-37(36)32-42)43-30-31-45-44-22-9-11-24-47(44)57(51(45)35-43)41-21-14-19-39(34-41)54(4,5)6/h7-35H,1-6H3. The highest BCUT2D eigenvalue weighted by Gasteiger charge is 2.24. The first-order valence-corrected chi connectivity index (χ1v) is 20.1. The van der Waals surface area contributed by atoms with E-state index in [1.165, 1.54) is 76.9 Å². The number of fused-ring (bicyclic) bond motifs is 7. The lowest BCUT2D eigenvalue weighted by atomic mass is 9.87. The van der Waals surface area contributed by atoms with Gasteiger partial charge < -0.3 is 14.0 Å². The lowest BCUT2D eigenvalue weighted by Crippen LogP contribution is -2.12. The summed E-state index contributed by atoms with van der Waals surface area (Å²) >= 11 is 0. The van der Waals surface area contributed by atoms with Gasteiger partial charge in [-0.05, 0) is 106 Å². The molecule has 0 saturated heterocycles. The molecule has 0 fully saturated rings. The van der Waals surface area contributed by atoms with E-state index >= 15 is 0 Å². The molecule has 2 heterocycles. The summed E-state index contributed by atoms with van der Waals surface area (Å²) in [4.78, 5) is 2.48. The Balaban J connectivity index is 1.28. The Morgan fingerprint density at radius 3 is 1.56 bits per heavy atom. The number of nitrogens with zero attached hydrogens (tertiary/aromatic N) is 3. The second kappa shape index (κ2) is 13.0. The molecule has 0 atom stereocenters. The molecule has 10 aromatic rings. The van der Waals surface area contributed by atoms with Gasteiger partial charge >= 0.3 is 0 Å². The van der Waals surface area contributed by atoms with Gasteiger partial charge in [0.05, 0.1) is 27.8 Å². The summed E-state index contributed by atoms with van der Waals surface area (Å²) in [6, 6.07) is 65.2. The molecule has 3 heteroatoms. The molecule has 3 nitrogen and oxygen atoms in total. The largest absolute Gasteiger partial charge is 0.310 e. The quantitative estimate of drug-likeness (QED) is 0.171. The summed E-state index contributed by atoms with van der Waals surface area (Å²) in [5, 5.41) is 7.37. The zero-order valence-corrected chi connectivity index (χ0v) is 33.6. The monoisotopic (exact) mass is 737 g/mol. The van der Waals surface area contributed by atoms with Crippen LogP contribution in [-0.2, 0) is 10.8 Å². The Morgan fingerprint density at radius 1 is 0.368 bits per heavy atom. The Morgan fingerprint density at radius 2 is 0.877 bits per heavy atom. The molecule has 0 spiro atoms. The van der Waals surface area contributed by atoms with Crippen molar-refractivity contribution < 1.29 is 0 Å². The highest BCUT2D eigenvalue weighted by molar-refractivity contribution is 6.17. The molecule has 0 aliphatic carbocycles. The molecule has 278 valence electrons. The van der Waals surface area contributed by atoms with Crippen LogP contribution in [0.15, 0.2) is 176 Å². The topological polar surface area (TPSA) is 13.1 Å². The van der Waals surface area contributed by atoms with E-state index in [2.05, 4.69) is 232 Å². The van der Waals surface area contributed by atoms with Gasteiger partial charge in [0.1, 0.15) is 0 Å². The number of para-hydroxylation sites is 2. The van der Waals surface area contributed by atoms with Gasteiger partial charge in [0, 0.05) is 44.3 Å². The summed E-state index contributed by atoms with van der Waals surface area (Å²) < 4.78 is 4.90. The van der Waals surface area contributed by atoms with Gasteiger partial charge in [-0.2, -0.15) is 0 Å². The summed E-state index contributed by atoms with van der Waals surface area (Å²) in [5.41, 5.74) is 13.2. The van der Waals surface area contributed by atoms with E-state index < -0.39 is 0 Å². The van der Waals surface area contributed by atoms with Crippen molar-refractivity contribution in [3.8, 4) is 11.4 Å². The molecule has 0 aliphatic rings. The average molecular weight is 738 g/mol. The van der Waals surface area contributed by atoms with E-state index in [0.29, 0.717) is 0 Å². The van der Waals surface area contributed by atoms with Crippen LogP contribution in [0.1, 0.15) is 52.7 Å². The normalized spacial score (nSPS) is 12.4. The minimum Gasteiger partial charge on any atom is -0.310 e. The minimum absolute atomic E-state index is 0.0265. The SMILES string of the molecule is CC(C)(C)c1cccc(-n2c3ccccc3c3ccc(N(c4ccc5ccccc5c4)c4cccc5c4c4ccccc4n5-c4cccc(C(C)(C)C)c4)cc32)c1. The highest BCUT2D eigenvalue weighted by Crippen LogP contribution is 2.46. The molecule has 0 saturated carbocycles. The highest BCUT2D eigenvalue weighted by atomic mass is 15.2. The summed E-state index contributed by atoms with van der Waals surface area (Å²) in [6.45, 7) is 13.7. The molecule has 0 amide bonds. The van der Waals surface area contributed by atoms with Crippen molar-refractivity contribution in [3.63, 3.8) is 0 Å².